The maximum atomic E-state index is 11.9. The van der Waals surface area contributed by atoms with E-state index in [1.807, 2.05) is 20.9 Å². The molecule has 1 aliphatic heterocycles. The molecular formula is C21H31N3O3. The number of likely N-dealkylation sites (N-methyl/N-ethyl adjacent to an activating group) is 1. The number of carboxylic acids is 1. The molecule has 0 spiro atoms. The summed E-state index contributed by atoms with van der Waals surface area (Å²) in [6.45, 7) is 11.0. The van der Waals surface area contributed by atoms with Crippen molar-refractivity contribution in [2.24, 2.45) is 7.05 Å². The fourth-order valence-corrected chi connectivity index (χ4v) is 3.54. The van der Waals surface area contributed by atoms with Crippen LogP contribution in [0.2, 0.25) is 0 Å². The van der Waals surface area contributed by atoms with E-state index in [-0.39, 0.29) is 11.8 Å². The van der Waals surface area contributed by atoms with Crippen LogP contribution in [-0.4, -0.2) is 58.0 Å². The molecule has 148 valence electrons. The maximum Gasteiger partial charge on any atom is 0.352 e. The number of nitrogens with zero attached hydrogens (tertiary/aromatic N) is 3. The number of amides is 1. The van der Waals surface area contributed by atoms with Gasteiger partial charge in [0.05, 0.1) is 12.1 Å². The number of aryl methyl sites for hydroxylation is 1. The van der Waals surface area contributed by atoms with Gasteiger partial charge in [0, 0.05) is 39.1 Å². The van der Waals surface area contributed by atoms with Gasteiger partial charge >= 0.3 is 5.97 Å². The molecule has 6 nitrogen and oxygen atoms in total. The summed E-state index contributed by atoms with van der Waals surface area (Å²) in [7, 11) is 3.64. The lowest BCUT2D eigenvalue weighted by atomic mass is 9.97. The zero-order chi connectivity index (χ0) is 20.3. The van der Waals surface area contributed by atoms with Crippen LogP contribution in [0.15, 0.2) is 18.2 Å². The Morgan fingerprint density at radius 2 is 1.81 bits per heavy atom. The number of carboxylic acid groups (broad SMARTS) is 1. The van der Waals surface area contributed by atoms with Crippen LogP contribution >= 0.6 is 0 Å². The number of fused-ring (bicyclic) bond motifs is 1. The van der Waals surface area contributed by atoms with E-state index in [0.717, 1.165) is 35.1 Å². The molecule has 2 aromatic rings. The van der Waals surface area contributed by atoms with Crippen molar-refractivity contribution in [2.45, 2.75) is 40.2 Å². The van der Waals surface area contributed by atoms with E-state index in [1.54, 1.807) is 22.6 Å². The van der Waals surface area contributed by atoms with Crippen molar-refractivity contribution >= 4 is 22.8 Å². The van der Waals surface area contributed by atoms with Crippen LogP contribution in [0, 0.1) is 0 Å². The molecule has 1 amide bonds. The molecule has 3 rings (SSSR count). The van der Waals surface area contributed by atoms with Crippen molar-refractivity contribution in [3.8, 4) is 0 Å². The molecule has 0 unspecified atom stereocenters. The second-order valence-corrected chi connectivity index (χ2v) is 7.20. The first kappa shape index (κ1) is 21.0. The van der Waals surface area contributed by atoms with Crippen molar-refractivity contribution in [2.75, 3.05) is 26.7 Å². The van der Waals surface area contributed by atoms with Crippen molar-refractivity contribution in [3.63, 3.8) is 0 Å². The summed E-state index contributed by atoms with van der Waals surface area (Å²) in [5.41, 5.74) is 3.54. The normalized spacial score (nSPS) is 15.2. The highest BCUT2D eigenvalue weighted by Crippen LogP contribution is 2.30. The fourth-order valence-electron chi connectivity index (χ4n) is 3.54. The Bertz CT molecular complexity index is 839. The predicted molar refractivity (Wildman–Crippen MR) is 108 cm³/mol. The molecule has 0 atom stereocenters. The molecule has 0 bridgehead atoms. The minimum absolute atomic E-state index is 0.143. The number of carbonyl (C=O) groups excluding carboxylic acids is 1. The topological polar surface area (TPSA) is 65.8 Å². The summed E-state index contributed by atoms with van der Waals surface area (Å²) in [6, 6.07) is 5.94. The van der Waals surface area contributed by atoms with Crippen LogP contribution in [0.5, 0.6) is 0 Å². The van der Waals surface area contributed by atoms with Gasteiger partial charge in [-0.1, -0.05) is 33.8 Å². The third-order valence-electron chi connectivity index (χ3n) is 5.00. The molecule has 0 aliphatic carbocycles. The fraction of sp³-hybridized carbons (Fsp3) is 0.524. The quantitative estimate of drug-likeness (QED) is 0.893. The van der Waals surface area contributed by atoms with E-state index in [4.69, 9.17) is 0 Å². The van der Waals surface area contributed by atoms with E-state index < -0.39 is 5.97 Å². The van der Waals surface area contributed by atoms with Crippen molar-refractivity contribution in [3.05, 3.63) is 35.0 Å². The average Bonchev–Trinajstić information content (AvgIpc) is 2.96. The number of piperazine rings is 1. The largest absolute Gasteiger partial charge is 0.477 e. The number of aromatic carboxylic acids is 1. The second kappa shape index (κ2) is 8.57. The summed E-state index contributed by atoms with van der Waals surface area (Å²) >= 11 is 0. The van der Waals surface area contributed by atoms with Crippen LogP contribution < -0.4 is 0 Å². The average molecular weight is 373 g/mol. The minimum atomic E-state index is -0.917. The highest BCUT2D eigenvalue weighted by molar-refractivity contribution is 5.96. The Kier molecular flexibility index (Phi) is 6.65. The molecule has 1 aromatic carbocycles. The first-order valence-corrected chi connectivity index (χ1v) is 9.59. The van der Waals surface area contributed by atoms with Crippen LogP contribution in [0.4, 0.5) is 0 Å². The summed E-state index contributed by atoms with van der Waals surface area (Å²) in [6.07, 6.45) is 0. The standard InChI is InChI=1S/C19H25N3O3.C2H6/c1-12(2)15-8-13(10-22-6-5-20(3)17(23)11-22)7-14-9-16(19(24)25)21(4)18(14)15;1-2/h7-9,12H,5-6,10-11H2,1-4H3,(H,24,25);1-2H3. The van der Waals surface area contributed by atoms with Gasteiger partial charge < -0.3 is 14.6 Å². The van der Waals surface area contributed by atoms with Gasteiger partial charge in [-0.25, -0.2) is 4.79 Å². The van der Waals surface area contributed by atoms with Gasteiger partial charge in [0.25, 0.3) is 0 Å². The van der Waals surface area contributed by atoms with Crippen LogP contribution in [0.3, 0.4) is 0 Å². The number of rotatable bonds is 4. The van der Waals surface area contributed by atoms with E-state index >= 15 is 0 Å². The van der Waals surface area contributed by atoms with E-state index in [0.29, 0.717) is 18.8 Å². The highest BCUT2D eigenvalue weighted by Gasteiger charge is 2.22. The number of hydrogen-bond donors (Lipinski definition) is 1. The summed E-state index contributed by atoms with van der Waals surface area (Å²) in [5, 5.41) is 10.4. The third-order valence-corrected chi connectivity index (χ3v) is 5.00. The van der Waals surface area contributed by atoms with Crippen LogP contribution in [-0.2, 0) is 18.4 Å². The van der Waals surface area contributed by atoms with E-state index in [1.165, 1.54) is 0 Å². The van der Waals surface area contributed by atoms with E-state index in [9.17, 15) is 14.7 Å². The first-order valence-electron chi connectivity index (χ1n) is 9.59. The molecule has 1 N–H and O–H groups in total. The van der Waals surface area contributed by atoms with Gasteiger partial charge in [-0.15, -0.1) is 0 Å². The summed E-state index contributed by atoms with van der Waals surface area (Å²) in [5.74, 6) is -0.490. The zero-order valence-corrected chi connectivity index (χ0v) is 17.2. The Morgan fingerprint density at radius 1 is 1.15 bits per heavy atom. The lowest BCUT2D eigenvalue weighted by Gasteiger charge is -2.32. The lowest BCUT2D eigenvalue weighted by molar-refractivity contribution is -0.134. The summed E-state index contributed by atoms with van der Waals surface area (Å²) < 4.78 is 1.76. The molecular weight excluding hydrogens is 342 g/mol. The monoisotopic (exact) mass is 373 g/mol. The molecule has 1 fully saturated rings. The molecule has 2 heterocycles. The molecule has 27 heavy (non-hydrogen) atoms. The van der Waals surface area contributed by atoms with Gasteiger partial charge in [0.15, 0.2) is 0 Å². The molecule has 0 saturated carbocycles. The Labute approximate surface area is 161 Å². The van der Waals surface area contributed by atoms with Gasteiger partial charge in [-0.2, -0.15) is 0 Å². The Morgan fingerprint density at radius 3 is 2.37 bits per heavy atom. The smallest absolute Gasteiger partial charge is 0.352 e. The lowest BCUT2D eigenvalue weighted by Crippen LogP contribution is -2.47. The molecule has 1 saturated heterocycles. The van der Waals surface area contributed by atoms with Gasteiger partial charge in [0.1, 0.15) is 5.69 Å². The van der Waals surface area contributed by atoms with Crippen molar-refractivity contribution in [1.82, 2.24) is 14.4 Å². The molecule has 1 aliphatic rings. The first-order chi connectivity index (χ1) is 12.8. The molecule has 0 radical (unpaired) electrons. The third kappa shape index (κ3) is 4.33. The predicted octanol–water partition coefficient (Wildman–Crippen LogP) is 3.30. The van der Waals surface area contributed by atoms with Crippen LogP contribution in [0.1, 0.15) is 55.2 Å². The number of benzene rings is 1. The SMILES string of the molecule is CC.CC(C)c1cc(CN2CCN(C)C(=O)C2)cc2cc(C(=O)O)n(C)c12. The van der Waals surface area contributed by atoms with Gasteiger partial charge in [-0.3, -0.25) is 9.69 Å². The summed E-state index contributed by atoms with van der Waals surface area (Å²) in [4.78, 5) is 27.3. The second-order valence-electron chi connectivity index (χ2n) is 7.20. The van der Waals surface area contributed by atoms with Crippen molar-refractivity contribution < 1.29 is 14.7 Å². The number of hydrogen-bond acceptors (Lipinski definition) is 3. The van der Waals surface area contributed by atoms with E-state index in [2.05, 4.69) is 30.9 Å². The van der Waals surface area contributed by atoms with Gasteiger partial charge in [0.2, 0.25) is 5.91 Å². The number of aromatic nitrogens is 1. The minimum Gasteiger partial charge on any atom is -0.477 e. The molecule has 1 aromatic heterocycles. The Balaban J connectivity index is 0.00000126. The number of carbonyl (C=O) groups is 2. The Hall–Kier alpha value is -2.34. The zero-order valence-electron chi connectivity index (χ0n) is 17.2. The van der Waals surface area contributed by atoms with Gasteiger partial charge in [-0.05, 0) is 29.2 Å². The highest BCUT2D eigenvalue weighted by atomic mass is 16.4. The van der Waals surface area contributed by atoms with Crippen LogP contribution in [0.25, 0.3) is 10.9 Å². The van der Waals surface area contributed by atoms with Crippen molar-refractivity contribution in [1.29, 1.82) is 0 Å². The molecule has 6 heteroatoms. The maximum absolute atomic E-state index is 11.9.